The van der Waals surface area contributed by atoms with Crippen molar-refractivity contribution in [2.24, 2.45) is 23.2 Å². The molecule has 0 radical (unpaired) electrons. The number of ketones is 1. The fourth-order valence-electron chi connectivity index (χ4n) is 4.74. The minimum Gasteiger partial charge on any atom is -0.394 e. The van der Waals surface area contributed by atoms with Gasteiger partial charge in [-0.05, 0) is 66.9 Å². The van der Waals surface area contributed by atoms with Gasteiger partial charge in [0.15, 0.2) is 5.78 Å². The van der Waals surface area contributed by atoms with Gasteiger partial charge in [-0.1, -0.05) is 13.8 Å². The molecule has 0 aliphatic heterocycles. The Morgan fingerprint density at radius 3 is 2.50 bits per heavy atom. The van der Waals surface area contributed by atoms with Crippen molar-refractivity contribution >= 4 is 17.6 Å². The normalized spacial score (nSPS) is 25.3. The number of carbonyl (C=O) groups is 3. The van der Waals surface area contributed by atoms with E-state index in [2.05, 4.69) is 24.5 Å². The van der Waals surface area contributed by atoms with E-state index < -0.39 is 23.5 Å². The number of amides is 2. The van der Waals surface area contributed by atoms with Gasteiger partial charge in [0.1, 0.15) is 5.82 Å². The maximum atomic E-state index is 12.9. The quantitative estimate of drug-likeness (QED) is 0.447. The maximum Gasteiger partial charge on any atom is 0.244 e. The predicted molar refractivity (Wildman–Crippen MR) is 110 cm³/mol. The van der Waals surface area contributed by atoms with Gasteiger partial charge < -0.3 is 15.7 Å². The van der Waals surface area contributed by atoms with Crippen LogP contribution in [0.15, 0.2) is 36.4 Å². The van der Waals surface area contributed by atoms with E-state index in [0.717, 1.165) is 31.4 Å². The second-order valence-corrected chi connectivity index (χ2v) is 8.88. The molecule has 0 saturated heterocycles. The number of fused-ring (bicyclic) bond motifs is 2. The zero-order chi connectivity index (χ0) is 21.9. The van der Waals surface area contributed by atoms with Crippen molar-refractivity contribution in [2.75, 3.05) is 13.2 Å². The van der Waals surface area contributed by atoms with Crippen LogP contribution in [-0.4, -0.2) is 41.9 Å². The molecule has 4 atom stereocenters. The van der Waals surface area contributed by atoms with Crippen molar-refractivity contribution in [1.82, 2.24) is 10.6 Å². The number of aliphatic hydroxyl groups is 1. The average molecular weight is 416 g/mol. The van der Waals surface area contributed by atoms with Crippen LogP contribution >= 0.6 is 0 Å². The van der Waals surface area contributed by atoms with Gasteiger partial charge >= 0.3 is 0 Å². The van der Waals surface area contributed by atoms with Crippen molar-refractivity contribution in [3.63, 3.8) is 0 Å². The molecule has 6 nitrogen and oxygen atoms in total. The third-order valence-electron chi connectivity index (χ3n) is 6.80. The molecule has 3 aliphatic carbocycles. The van der Waals surface area contributed by atoms with Crippen LogP contribution < -0.4 is 10.6 Å². The molecule has 162 valence electrons. The van der Waals surface area contributed by atoms with Gasteiger partial charge in [0, 0.05) is 24.1 Å². The summed E-state index contributed by atoms with van der Waals surface area (Å²) in [5, 5.41) is 15.0. The molecule has 2 amide bonds. The lowest BCUT2D eigenvalue weighted by Crippen LogP contribution is -2.57. The summed E-state index contributed by atoms with van der Waals surface area (Å²) >= 11 is 0. The minimum atomic E-state index is -0.594. The fraction of sp³-hybridized carbons (Fsp3) is 0.522. The third-order valence-corrected chi connectivity index (χ3v) is 6.80. The van der Waals surface area contributed by atoms with Crippen LogP contribution in [0.5, 0.6) is 0 Å². The summed E-state index contributed by atoms with van der Waals surface area (Å²) in [6.45, 7) is 4.19. The molecule has 3 aliphatic rings. The number of rotatable bonds is 8. The van der Waals surface area contributed by atoms with Crippen molar-refractivity contribution in [3.8, 4) is 0 Å². The fourth-order valence-corrected chi connectivity index (χ4v) is 4.74. The maximum absolute atomic E-state index is 12.9. The highest BCUT2D eigenvalue weighted by Gasteiger charge is 2.56. The lowest BCUT2D eigenvalue weighted by molar-refractivity contribution is -0.149. The van der Waals surface area contributed by atoms with E-state index in [-0.39, 0.29) is 36.0 Å². The number of allylic oxidation sites excluding steroid dienone is 1. The summed E-state index contributed by atoms with van der Waals surface area (Å²) in [6.07, 6.45) is 5.18. The number of aliphatic hydroxyl groups excluding tert-OH is 1. The lowest BCUT2D eigenvalue weighted by Gasteiger charge is -2.59. The molecule has 0 heterocycles. The number of halogens is 1. The first-order valence-electron chi connectivity index (χ1n) is 10.4. The highest BCUT2D eigenvalue weighted by Crippen LogP contribution is 2.61. The summed E-state index contributed by atoms with van der Waals surface area (Å²) in [5.41, 5.74) is 0.458. The number of hydrogen-bond acceptors (Lipinski definition) is 4. The molecule has 2 bridgehead atoms. The molecule has 1 aromatic rings. The summed E-state index contributed by atoms with van der Waals surface area (Å²) in [6, 6.07) is 4.44. The Hall–Kier alpha value is -2.54. The third kappa shape index (κ3) is 4.78. The molecule has 4 rings (SSSR count). The van der Waals surface area contributed by atoms with E-state index in [1.54, 1.807) is 0 Å². The van der Waals surface area contributed by atoms with E-state index in [4.69, 9.17) is 0 Å². The molecule has 0 aromatic heterocycles. The van der Waals surface area contributed by atoms with E-state index in [0.29, 0.717) is 11.8 Å². The van der Waals surface area contributed by atoms with E-state index >= 15 is 0 Å². The van der Waals surface area contributed by atoms with Crippen LogP contribution in [0.1, 0.15) is 43.5 Å². The zero-order valence-electron chi connectivity index (χ0n) is 17.4. The molecular weight excluding hydrogens is 387 g/mol. The molecule has 0 unspecified atom stereocenters. The molecule has 3 N–H and O–H groups in total. The Bertz CT molecular complexity index is 832. The number of benzene rings is 1. The lowest BCUT2D eigenvalue weighted by atomic mass is 9.45. The van der Waals surface area contributed by atoms with Gasteiger partial charge in [-0.2, -0.15) is 0 Å². The van der Waals surface area contributed by atoms with Crippen LogP contribution in [0.2, 0.25) is 0 Å². The number of carbonyl (C=O) groups excluding carboxylic acids is 3. The van der Waals surface area contributed by atoms with Crippen molar-refractivity contribution in [3.05, 3.63) is 47.8 Å². The van der Waals surface area contributed by atoms with Gasteiger partial charge in [-0.25, -0.2) is 4.39 Å². The highest BCUT2D eigenvalue weighted by molar-refractivity contribution is 6.07. The average Bonchev–Trinajstić information content (AvgIpc) is 2.75. The van der Waals surface area contributed by atoms with Crippen molar-refractivity contribution in [1.29, 1.82) is 0 Å². The Balaban J connectivity index is 1.46. The van der Waals surface area contributed by atoms with Gasteiger partial charge in [0.05, 0.1) is 12.6 Å². The standard InChI is InChI=1S/C23H29FN2O4/c1-23(2)15-5-8-18(19(23)11-15)22(30)26-17(13-27)12-25-21(29)10-9-20(28)14-3-6-16(24)7-4-14/h3-4,6-7,9-10,15,17-19,27H,5,8,11-13H2,1-2H3,(H,25,29)(H,26,30)/b10-9+/t15-,17+,18+,19-/m0/s1. The minimum absolute atomic E-state index is 0.0528. The first-order chi connectivity index (χ1) is 14.2. The van der Waals surface area contributed by atoms with Crippen LogP contribution in [0.25, 0.3) is 0 Å². The Kier molecular flexibility index (Phi) is 6.71. The molecule has 1 aromatic carbocycles. The van der Waals surface area contributed by atoms with Gasteiger partial charge in [0.2, 0.25) is 11.8 Å². The van der Waals surface area contributed by atoms with Crippen LogP contribution in [-0.2, 0) is 9.59 Å². The second kappa shape index (κ2) is 9.08. The smallest absolute Gasteiger partial charge is 0.244 e. The topological polar surface area (TPSA) is 95.5 Å². The molecule has 0 spiro atoms. The highest BCUT2D eigenvalue weighted by atomic mass is 19.1. The first kappa shape index (κ1) is 22.2. The summed E-state index contributed by atoms with van der Waals surface area (Å²) < 4.78 is 12.9. The molecule has 3 fully saturated rings. The Morgan fingerprint density at radius 1 is 1.20 bits per heavy atom. The predicted octanol–water partition coefficient (Wildman–Crippen LogP) is 2.23. The zero-order valence-corrected chi connectivity index (χ0v) is 17.4. The number of nitrogens with one attached hydrogen (secondary N) is 2. The molecule has 3 saturated carbocycles. The van der Waals surface area contributed by atoms with Gasteiger partial charge in [0.25, 0.3) is 0 Å². The van der Waals surface area contributed by atoms with Gasteiger partial charge in [-0.15, -0.1) is 0 Å². The molecule has 30 heavy (non-hydrogen) atoms. The van der Waals surface area contributed by atoms with E-state index in [9.17, 15) is 23.9 Å². The van der Waals surface area contributed by atoms with Crippen LogP contribution in [0.3, 0.4) is 0 Å². The van der Waals surface area contributed by atoms with Crippen LogP contribution in [0, 0.1) is 29.0 Å². The van der Waals surface area contributed by atoms with Crippen molar-refractivity contribution < 1.29 is 23.9 Å². The monoisotopic (exact) mass is 416 g/mol. The first-order valence-corrected chi connectivity index (χ1v) is 10.4. The Morgan fingerprint density at radius 2 is 1.90 bits per heavy atom. The van der Waals surface area contributed by atoms with Gasteiger partial charge in [-0.3, -0.25) is 14.4 Å². The largest absolute Gasteiger partial charge is 0.394 e. The number of hydrogen-bond donors (Lipinski definition) is 3. The second-order valence-electron chi connectivity index (χ2n) is 8.88. The molecular formula is C23H29FN2O4. The SMILES string of the molecule is CC1(C)[C@H]2CC[C@@H](C(=O)N[C@@H](CO)CNC(=O)/C=C/C(=O)c3ccc(F)cc3)[C@@H]1C2. The Labute approximate surface area is 175 Å². The molecule has 7 heteroatoms. The summed E-state index contributed by atoms with van der Waals surface area (Å²) in [4.78, 5) is 36.7. The van der Waals surface area contributed by atoms with E-state index in [1.807, 2.05) is 0 Å². The summed E-state index contributed by atoms with van der Waals surface area (Å²) in [7, 11) is 0. The summed E-state index contributed by atoms with van der Waals surface area (Å²) in [5.74, 6) is -0.437. The van der Waals surface area contributed by atoms with E-state index in [1.165, 1.54) is 24.3 Å². The van der Waals surface area contributed by atoms with Crippen LogP contribution in [0.4, 0.5) is 4.39 Å². The van der Waals surface area contributed by atoms with Crippen molar-refractivity contribution in [2.45, 2.75) is 39.2 Å².